The number of aryl methyl sites for hydroxylation is 1. The maximum absolute atomic E-state index is 12.5. The van der Waals surface area contributed by atoms with Crippen molar-refractivity contribution in [1.82, 2.24) is 9.80 Å². The fourth-order valence-corrected chi connectivity index (χ4v) is 3.76. The lowest BCUT2D eigenvalue weighted by Crippen LogP contribution is -2.43. The minimum absolute atomic E-state index is 0.111. The Balaban J connectivity index is 1.63. The first-order chi connectivity index (χ1) is 11.5. The number of carbonyl (C=O) groups is 1. The summed E-state index contributed by atoms with van der Waals surface area (Å²) in [6, 6.07) is 6.89. The van der Waals surface area contributed by atoms with Crippen LogP contribution in [0.4, 0.5) is 5.69 Å². The highest BCUT2D eigenvalue weighted by atomic mass is 16.2. The smallest absolute Gasteiger partial charge is 0.246 e. The fraction of sp³-hybridized carbons (Fsp3) is 0.550. The number of rotatable bonds is 3. The Morgan fingerprint density at radius 1 is 1.21 bits per heavy atom. The first-order valence-corrected chi connectivity index (χ1v) is 9.02. The summed E-state index contributed by atoms with van der Waals surface area (Å²) in [5.41, 5.74) is 3.84. The van der Waals surface area contributed by atoms with Crippen LogP contribution in [0.25, 0.3) is 6.08 Å². The van der Waals surface area contributed by atoms with Crippen molar-refractivity contribution in [3.05, 3.63) is 35.4 Å². The molecule has 130 valence electrons. The van der Waals surface area contributed by atoms with E-state index in [4.69, 9.17) is 0 Å². The Bertz CT molecular complexity index is 617. The molecule has 4 nitrogen and oxygen atoms in total. The molecule has 0 atom stereocenters. The highest BCUT2D eigenvalue weighted by Crippen LogP contribution is 2.27. The standard InChI is InChI=1S/C20H29N3O/c1-21-13-10-18(11-14-21)23(3)20(24)9-7-16-6-8-19-17(15-16)5-4-12-22(19)2/h6-9,15,18H,4-5,10-14H2,1-3H3. The van der Waals surface area contributed by atoms with E-state index >= 15 is 0 Å². The normalized spacial score (nSPS) is 19.5. The van der Waals surface area contributed by atoms with Crippen LogP contribution in [0.3, 0.4) is 0 Å². The Morgan fingerprint density at radius 3 is 2.71 bits per heavy atom. The Labute approximate surface area is 145 Å². The van der Waals surface area contributed by atoms with Crippen molar-refractivity contribution >= 4 is 17.7 Å². The van der Waals surface area contributed by atoms with E-state index < -0.39 is 0 Å². The summed E-state index contributed by atoms with van der Waals surface area (Å²) in [6.45, 7) is 3.27. The second-order valence-electron chi connectivity index (χ2n) is 7.23. The lowest BCUT2D eigenvalue weighted by molar-refractivity contribution is -0.127. The molecule has 4 heteroatoms. The van der Waals surface area contributed by atoms with E-state index in [1.165, 1.54) is 17.7 Å². The number of likely N-dealkylation sites (tertiary alicyclic amines) is 1. The lowest BCUT2D eigenvalue weighted by atomic mass is 9.99. The van der Waals surface area contributed by atoms with Crippen LogP contribution >= 0.6 is 0 Å². The van der Waals surface area contributed by atoms with Crippen LogP contribution in [-0.4, -0.2) is 62.5 Å². The number of hydrogen-bond donors (Lipinski definition) is 0. The van der Waals surface area contributed by atoms with Crippen molar-refractivity contribution < 1.29 is 4.79 Å². The van der Waals surface area contributed by atoms with Crippen molar-refractivity contribution in [1.29, 1.82) is 0 Å². The molecule has 1 aromatic carbocycles. The zero-order valence-corrected chi connectivity index (χ0v) is 15.2. The van der Waals surface area contributed by atoms with Gasteiger partial charge in [0.15, 0.2) is 0 Å². The zero-order valence-electron chi connectivity index (χ0n) is 15.2. The number of piperidine rings is 1. The van der Waals surface area contributed by atoms with Gasteiger partial charge < -0.3 is 14.7 Å². The number of amides is 1. The fourth-order valence-electron chi connectivity index (χ4n) is 3.76. The molecule has 1 fully saturated rings. The molecule has 2 heterocycles. The van der Waals surface area contributed by atoms with E-state index in [0.717, 1.165) is 44.5 Å². The second-order valence-corrected chi connectivity index (χ2v) is 7.23. The Kier molecular flexibility index (Phi) is 5.24. The minimum Gasteiger partial charge on any atom is -0.374 e. The molecule has 0 spiro atoms. The quantitative estimate of drug-likeness (QED) is 0.799. The van der Waals surface area contributed by atoms with Gasteiger partial charge >= 0.3 is 0 Å². The topological polar surface area (TPSA) is 26.8 Å². The molecule has 2 aliphatic heterocycles. The number of hydrogen-bond acceptors (Lipinski definition) is 3. The van der Waals surface area contributed by atoms with E-state index in [1.54, 1.807) is 6.08 Å². The molecule has 0 saturated carbocycles. The van der Waals surface area contributed by atoms with Gasteiger partial charge in [0.1, 0.15) is 0 Å². The van der Waals surface area contributed by atoms with Crippen molar-refractivity contribution in [2.45, 2.75) is 31.7 Å². The summed E-state index contributed by atoms with van der Waals surface area (Å²) in [5, 5.41) is 0. The molecule has 3 rings (SSSR count). The molecule has 1 amide bonds. The van der Waals surface area contributed by atoms with Gasteiger partial charge in [-0.1, -0.05) is 6.07 Å². The molecular weight excluding hydrogens is 298 g/mol. The van der Waals surface area contributed by atoms with Gasteiger partial charge in [0.25, 0.3) is 0 Å². The average molecular weight is 327 g/mol. The monoisotopic (exact) mass is 327 g/mol. The minimum atomic E-state index is 0.111. The molecule has 24 heavy (non-hydrogen) atoms. The summed E-state index contributed by atoms with van der Waals surface area (Å²) in [5.74, 6) is 0.111. The van der Waals surface area contributed by atoms with Crippen LogP contribution in [0.1, 0.15) is 30.4 Å². The Hall–Kier alpha value is -1.81. The molecule has 0 bridgehead atoms. The molecular formula is C20H29N3O. The summed E-state index contributed by atoms with van der Waals surface area (Å²) < 4.78 is 0. The van der Waals surface area contributed by atoms with Crippen molar-refractivity contribution in [3.8, 4) is 0 Å². The van der Waals surface area contributed by atoms with Crippen molar-refractivity contribution in [2.75, 3.05) is 45.7 Å². The maximum atomic E-state index is 12.5. The summed E-state index contributed by atoms with van der Waals surface area (Å²) in [6.07, 6.45) is 8.16. The maximum Gasteiger partial charge on any atom is 0.246 e. The summed E-state index contributed by atoms with van der Waals surface area (Å²) in [4.78, 5) is 19.0. The largest absolute Gasteiger partial charge is 0.374 e. The van der Waals surface area contributed by atoms with E-state index in [9.17, 15) is 4.79 Å². The van der Waals surface area contributed by atoms with Crippen LogP contribution in [0.5, 0.6) is 0 Å². The highest BCUT2D eigenvalue weighted by Gasteiger charge is 2.22. The zero-order chi connectivity index (χ0) is 17.1. The molecule has 0 aromatic heterocycles. The molecule has 1 aromatic rings. The van der Waals surface area contributed by atoms with Gasteiger partial charge in [0, 0.05) is 38.4 Å². The van der Waals surface area contributed by atoms with Gasteiger partial charge in [-0.05, 0) is 75.2 Å². The van der Waals surface area contributed by atoms with Gasteiger partial charge in [-0.15, -0.1) is 0 Å². The SMILES string of the molecule is CN1CCC(N(C)C(=O)C=Cc2ccc3c(c2)CCCN3C)CC1. The van der Waals surface area contributed by atoms with Crippen LogP contribution in [0.2, 0.25) is 0 Å². The van der Waals surface area contributed by atoms with Crippen molar-refractivity contribution in [3.63, 3.8) is 0 Å². The molecule has 0 unspecified atom stereocenters. The molecule has 0 radical (unpaired) electrons. The number of benzene rings is 1. The van der Waals surface area contributed by atoms with Gasteiger partial charge in [-0.3, -0.25) is 4.79 Å². The third-order valence-electron chi connectivity index (χ3n) is 5.46. The van der Waals surface area contributed by atoms with Crippen LogP contribution < -0.4 is 4.90 Å². The van der Waals surface area contributed by atoms with Gasteiger partial charge in [-0.25, -0.2) is 0 Å². The second kappa shape index (κ2) is 7.39. The Morgan fingerprint density at radius 2 is 1.96 bits per heavy atom. The van der Waals surface area contributed by atoms with Gasteiger partial charge in [0.2, 0.25) is 5.91 Å². The molecule has 1 saturated heterocycles. The lowest BCUT2D eigenvalue weighted by Gasteiger charge is -2.34. The van der Waals surface area contributed by atoms with Crippen LogP contribution in [0, 0.1) is 0 Å². The predicted molar refractivity (Wildman–Crippen MR) is 100 cm³/mol. The van der Waals surface area contributed by atoms with E-state index in [2.05, 4.69) is 42.1 Å². The third-order valence-corrected chi connectivity index (χ3v) is 5.46. The average Bonchev–Trinajstić information content (AvgIpc) is 2.60. The third kappa shape index (κ3) is 3.81. The molecule has 0 N–H and O–H groups in total. The summed E-state index contributed by atoms with van der Waals surface area (Å²) >= 11 is 0. The number of likely N-dealkylation sites (N-methyl/N-ethyl adjacent to an activating group) is 1. The molecule has 0 aliphatic carbocycles. The van der Waals surface area contributed by atoms with E-state index in [0.29, 0.717) is 6.04 Å². The number of nitrogens with zero attached hydrogens (tertiary/aromatic N) is 3. The van der Waals surface area contributed by atoms with Gasteiger partial charge in [-0.2, -0.15) is 0 Å². The first-order valence-electron chi connectivity index (χ1n) is 9.02. The van der Waals surface area contributed by atoms with Gasteiger partial charge in [0.05, 0.1) is 0 Å². The van der Waals surface area contributed by atoms with Crippen molar-refractivity contribution in [2.24, 2.45) is 0 Å². The first kappa shape index (κ1) is 17.0. The summed E-state index contributed by atoms with van der Waals surface area (Å²) in [7, 11) is 6.23. The number of anilines is 1. The van der Waals surface area contributed by atoms with Crippen LogP contribution in [-0.2, 0) is 11.2 Å². The predicted octanol–water partition coefficient (Wildman–Crippen LogP) is 2.63. The molecule has 2 aliphatic rings. The van der Waals surface area contributed by atoms with E-state index in [1.807, 2.05) is 18.0 Å². The van der Waals surface area contributed by atoms with Crippen LogP contribution in [0.15, 0.2) is 24.3 Å². The highest BCUT2D eigenvalue weighted by molar-refractivity contribution is 5.92. The number of fused-ring (bicyclic) bond motifs is 1. The number of carbonyl (C=O) groups excluding carboxylic acids is 1. The van der Waals surface area contributed by atoms with E-state index in [-0.39, 0.29) is 5.91 Å².